The molecule has 0 amide bonds. The Kier molecular flexibility index (Phi) is 7.08. The highest BCUT2D eigenvalue weighted by Crippen LogP contribution is 2.32. The molecule has 1 heteroatoms. The van der Waals surface area contributed by atoms with Crippen molar-refractivity contribution in [3.63, 3.8) is 0 Å². The van der Waals surface area contributed by atoms with Crippen molar-refractivity contribution in [3.8, 4) is 22.3 Å². The lowest BCUT2D eigenvalue weighted by atomic mass is 9.93. The maximum absolute atomic E-state index is 3.86. The van der Waals surface area contributed by atoms with E-state index in [9.17, 15) is 0 Å². The quantitative estimate of drug-likeness (QED) is 0.366. The van der Waals surface area contributed by atoms with Crippen LogP contribution in [0.15, 0.2) is 103 Å². The standard InChI is InChI=1S/C29H31N/c1-6-11-26(12-7-2)30(8-3)27-19-17-24(18-20-27)25-16-15-23(5)29(21-25)28-14-10-9-13-22(28)4/h6-7,9-21H,1,8H2,2-5H3/b12-7-,26-11+. The largest absolute Gasteiger partial charge is 0.342 e. The molecule has 30 heavy (non-hydrogen) atoms. The Morgan fingerprint density at radius 2 is 1.53 bits per heavy atom. The van der Waals surface area contributed by atoms with Gasteiger partial charge >= 0.3 is 0 Å². The van der Waals surface area contributed by atoms with Crippen LogP contribution < -0.4 is 4.90 Å². The SMILES string of the molecule is C=C/C=C(\C=C/C)N(CC)c1ccc(-c2ccc(C)c(-c3ccccc3C)c2)cc1. The van der Waals surface area contributed by atoms with Crippen LogP contribution in [0.3, 0.4) is 0 Å². The second kappa shape index (κ2) is 9.93. The van der Waals surface area contributed by atoms with Gasteiger partial charge in [0.05, 0.1) is 0 Å². The van der Waals surface area contributed by atoms with Gasteiger partial charge < -0.3 is 4.90 Å². The van der Waals surface area contributed by atoms with Gasteiger partial charge in [0.25, 0.3) is 0 Å². The Balaban J connectivity index is 1.97. The predicted molar refractivity (Wildman–Crippen MR) is 133 cm³/mol. The van der Waals surface area contributed by atoms with Gasteiger partial charge in [-0.15, -0.1) is 0 Å². The number of anilines is 1. The minimum atomic E-state index is 0.894. The summed E-state index contributed by atoms with van der Waals surface area (Å²) in [6.45, 7) is 13.3. The minimum Gasteiger partial charge on any atom is -0.342 e. The summed E-state index contributed by atoms with van der Waals surface area (Å²) in [5.41, 5.74) is 9.99. The number of rotatable bonds is 7. The van der Waals surface area contributed by atoms with E-state index in [4.69, 9.17) is 0 Å². The van der Waals surface area contributed by atoms with Crippen molar-refractivity contribution < 1.29 is 0 Å². The molecule has 0 spiro atoms. The highest BCUT2D eigenvalue weighted by Gasteiger charge is 2.10. The first-order valence-corrected chi connectivity index (χ1v) is 10.6. The van der Waals surface area contributed by atoms with Gasteiger partial charge in [0, 0.05) is 17.9 Å². The second-order valence-corrected chi connectivity index (χ2v) is 7.46. The highest BCUT2D eigenvalue weighted by molar-refractivity contribution is 5.77. The van der Waals surface area contributed by atoms with Gasteiger partial charge in [-0.2, -0.15) is 0 Å². The Bertz CT molecular complexity index is 1070. The third kappa shape index (κ3) is 4.63. The molecular formula is C29H31N. The van der Waals surface area contributed by atoms with E-state index in [1.165, 1.54) is 39.1 Å². The average Bonchev–Trinajstić information content (AvgIpc) is 2.76. The van der Waals surface area contributed by atoms with Gasteiger partial charge in [0.15, 0.2) is 0 Å². The Morgan fingerprint density at radius 3 is 2.17 bits per heavy atom. The van der Waals surface area contributed by atoms with Gasteiger partial charge in [-0.3, -0.25) is 0 Å². The number of hydrogen-bond donors (Lipinski definition) is 0. The molecule has 0 atom stereocenters. The van der Waals surface area contributed by atoms with Crippen LogP contribution in [0.2, 0.25) is 0 Å². The molecule has 0 radical (unpaired) electrons. The molecule has 0 aliphatic heterocycles. The van der Waals surface area contributed by atoms with E-state index in [1.807, 2.05) is 19.1 Å². The van der Waals surface area contributed by atoms with Gasteiger partial charge in [0.2, 0.25) is 0 Å². The zero-order valence-electron chi connectivity index (χ0n) is 18.5. The molecule has 0 bridgehead atoms. The van der Waals surface area contributed by atoms with E-state index in [0.29, 0.717) is 0 Å². The van der Waals surface area contributed by atoms with Crippen molar-refractivity contribution in [1.82, 2.24) is 0 Å². The van der Waals surface area contributed by atoms with Crippen LogP contribution >= 0.6 is 0 Å². The van der Waals surface area contributed by atoms with E-state index in [1.54, 1.807) is 0 Å². The van der Waals surface area contributed by atoms with Crippen LogP contribution in [-0.2, 0) is 0 Å². The molecule has 0 aromatic heterocycles. The molecule has 1 nitrogen and oxygen atoms in total. The van der Waals surface area contributed by atoms with E-state index in [-0.39, 0.29) is 0 Å². The molecule has 0 aliphatic rings. The zero-order chi connectivity index (χ0) is 21.5. The number of nitrogens with zero attached hydrogens (tertiary/aromatic N) is 1. The van der Waals surface area contributed by atoms with E-state index in [0.717, 1.165) is 12.2 Å². The van der Waals surface area contributed by atoms with Crippen molar-refractivity contribution >= 4 is 5.69 Å². The summed E-state index contributed by atoms with van der Waals surface area (Å²) >= 11 is 0. The van der Waals surface area contributed by atoms with E-state index >= 15 is 0 Å². The molecule has 3 aromatic carbocycles. The lowest BCUT2D eigenvalue weighted by Crippen LogP contribution is -2.20. The lowest BCUT2D eigenvalue weighted by molar-refractivity contribution is 0.978. The molecule has 0 unspecified atom stereocenters. The first kappa shape index (κ1) is 21.4. The molecule has 0 heterocycles. The molecule has 0 saturated carbocycles. The average molecular weight is 394 g/mol. The normalized spacial score (nSPS) is 11.7. The Labute approximate surface area is 181 Å². The number of allylic oxidation sites excluding steroid dienone is 4. The maximum Gasteiger partial charge on any atom is 0.0411 e. The smallest absolute Gasteiger partial charge is 0.0411 e. The summed E-state index contributed by atoms with van der Waals surface area (Å²) in [4.78, 5) is 2.29. The highest BCUT2D eigenvalue weighted by atomic mass is 15.1. The fourth-order valence-electron chi connectivity index (χ4n) is 3.84. The van der Waals surface area contributed by atoms with Gasteiger partial charge in [0.1, 0.15) is 0 Å². The second-order valence-electron chi connectivity index (χ2n) is 7.46. The van der Waals surface area contributed by atoms with Gasteiger partial charge in [-0.1, -0.05) is 67.3 Å². The molecule has 0 saturated heterocycles. The van der Waals surface area contributed by atoms with Crippen LogP contribution in [0.25, 0.3) is 22.3 Å². The summed E-state index contributed by atoms with van der Waals surface area (Å²) in [6, 6.07) is 24.2. The van der Waals surface area contributed by atoms with Crippen molar-refractivity contribution in [1.29, 1.82) is 0 Å². The van der Waals surface area contributed by atoms with Crippen LogP contribution in [0.1, 0.15) is 25.0 Å². The first-order valence-electron chi connectivity index (χ1n) is 10.6. The monoisotopic (exact) mass is 393 g/mol. The summed E-state index contributed by atoms with van der Waals surface area (Å²) < 4.78 is 0. The Morgan fingerprint density at radius 1 is 0.867 bits per heavy atom. The van der Waals surface area contributed by atoms with Crippen molar-refractivity contribution in [2.45, 2.75) is 27.7 Å². The molecule has 0 fully saturated rings. The van der Waals surface area contributed by atoms with Crippen molar-refractivity contribution in [2.24, 2.45) is 0 Å². The lowest BCUT2D eigenvalue weighted by Gasteiger charge is -2.24. The summed E-state index contributed by atoms with van der Waals surface area (Å²) in [5.74, 6) is 0. The van der Waals surface area contributed by atoms with Crippen LogP contribution in [0, 0.1) is 13.8 Å². The van der Waals surface area contributed by atoms with Crippen LogP contribution in [0.4, 0.5) is 5.69 Å². The van der Waals surface area contributed by atoms with E-state index < -0.39 is 0 Å². The van der Waals surface area contributed by atoms with Gasteiger partial charge in [-0.05, 0) is 91.4 Å². The fourth-order valence-corrected chi connectivity index (χ4v) is 3.84. The summed E-state index contributed by atoms with van der Waals surface area (Å²) in [7, 11) is 0. The zero-order valence-corrected chi connectivity index (χ0v) is 18.5. The Hall–Kier alpha value is -3.32. The molecule has 3 rings (SSSR count). The van der Waals surface area contributed by atoms with Crippen LogP contribution in [-0.4, -0.2) is 6.54 Å². The topological polar surface area (TPSA) is 3.24 Å². The first-order chi connectivity index (χ1) is 14.6. The van der Waals surface area contributed by atoms with Crippen LogP contribution in [0.5, 0.6) is 0 Å². The molecule has 3 aromatic rings. The molecular weight excluding hydrogens is 362 g/mol. The maximum atomic E-state index is 3.86. The summed E-state index contributed by atoms with van der Waals surface area (Å²) in [5, 5.41) is 0. The van der Waals surface area contributed by atoms with Crippen molar-refractivity contribution in [3.05, 3.63) is 114 Å². The molecule has 152 valence electrons. The number of hydrogen-bond acceptors (Lipinski definition) is 1. The third-order valence-electron chi connectivity index (χ3n) is 5.44. The minimum absolute atomic E-state index is 0.894. The van der Waals surface area contributed by atoms with E-state index in [2.05, 4.69) is 111 Å². The van der Waals surface area contributed by atoms with Crippen molar-refractivity contribution in [2.75, 3.05) is 11.4 Å². The fraction of sp³-hybridized carbons (Fsp3) is 0.172. The molecule has 0 aliphatic carbocycles. The third-order valence-corrected chi connectivity index (χ3v) is 5.44. The molecule has 0 N–H and O–H groups in total. The number of benzene rings is 3. The van der Waals surface area contributed by atoms with Gasteiger partial charge in [-0.25, -0.2) is 0 Å². The summed E-state index contributed by atoms with van der Waals surface area (Å²) in [6.07, 6.45) is 8.07. The number of aryl methyl sites for hydroxylation is 2. The predicted octanol–water partition coefficient (Wildman–Crippen LogP) is 8.11. The number of likely N-dealkylation sites (N-methyl/N-ethyl adjacent to an activating group) is 1.